The van der Waals surface area contributed by atoms with E-state index in [9.17, 15) is 14.9 Å². The Morgan fingerprint density at radius 1 is 1.14 bits per heavy atom. The predicted octanol–water partition coefficient (Wildman–Crippen LogP) is 4.83. The highest BCUT2D eigenvalue weighted by molar-refractivity contribution is 7.21. The molecule has 0 saturated heterocycles. The zero-order valence-corrected chi connectivity index (χ0v) is 15.6. The lowest BCUT2D eigenvalue weighted by Crippen LogP contribution is -2.14. The number of hydrogen-bond donors (Lipinski definition) is 1. The summed E-state index contributed by atoms with van der Waals surface area (Å²) in [4.78, 5) is 33.0. The molecule has 4 rings (SSSR count). The lowest BCUT2D eigenvalue weighted by atomic mass is 10.1. The number of carbonyl (C=O) groups is 1. The van der Waals surface area contributed by atoms with E-state index in [1.165, 1.54) is 29.5 Å². The summed E-state index contributed by atoms with van der Waals surface area (Å²) in [6.07, 6.45) is 1.72. The number of nitrogens with one attached hydrogen (secondary N) is 1. The molecule has 2 aromatic heterocycles. The summed E-state index contributed by atoms with van der Waals surface area (Å²) in [6.45, 7) is 1.86. The number of benzene rings is 2. The zero-order valence-electron chi connectivity index (χ0n) is 14.7. The number of pyridine rings is 1. The first-order valence-electron chi connectivity index (χ1n) is 8.40. The van der Waals surface area contributed by atoms with Crippen LogP contribution in [0.25, 0.3) is 20.9 Å². The fraction of sp³-hybridized carbons (Fsp3) is 0.0500. The second kappa shape index (κ2) is 7.16. The van der Waals surface area contributed by atoms with Crippen LogP contribution in [0.4, 0.5) is 11.4 Å². The molecule has 1 N–H and O–H groups in total. The number of nitrogens with zero attached hydrogens (tertiary/aromatic N) is 3. The normalized spacial score (nSPS) is 10.8. The molecule has 0 radical (unpaired) electrons. The number of nitro benzene ring substituents is 1. The number of para-hydroxylation sites is 1. The van der Waals surface area contributed by atoms with E-state index in [1.54, 1.807) is 12.3 Å². The Kier molecular flexibility index (Phi) is 4.54. The summed E-state index contributed by atoms with van der Waals surface area (Å²) in [5.41, 5.74) is 2.86. The maximum atomic E-state index is 12.6. The topological polar surface area (TPSA) is 98.0 Å². The van der Waals surface area contributed by atoms with E-state index in [0.29, 0.717) is 5.69 Å². The number of thiazole rings is 1. The SMILES string of the molecule is Cc1ccc(-c2nc3cccnc3s2)cc1NC(=O)c1ccccc1[N+](=O)[O-]. The summed E-state index contributed by atoms with van der Waals surface area (Å²) < 4.78 is 0. The van der Waals surface area contributed by atoms with E-state index >= 15 is 0 Å². The molecule has 0 unspecified atom stereocenters. The standard InChI is InChI=1S/C20H14N4O3S/c1-12-8-9-13(19-23-15-6-4-10-21-20(15)28-19)11-16(12)22-18(25)14-5-2-3-7-17(14)24(26)27/h2-11H,1H3,(H,22,25). The summed E-state index contributed by atoms with van der Waals surface area (Å²) in [7, 11) is 0. The average molecular weight is 390 g/mol. The largest absolute Gasteiger partial charge is 0.322 e. The predicted molar refractivity (Wildman–Crippen MR) is 109 cm³/mol. The minimum absolute atomic E-state index is 0.0153. The Morgan fingerprint density at radius 3 is 2.75 bits per heavy atom. The van der Waals surface area contributed by atoms with Gasteiger partial charge < -0.3 is 5.32 Å². The van der Waals surface area contributed by atoms with Gasteiger partial charge >= 0.3 is 0 Å². The van der Waals surface area contributed by atoms with Crippen molar-refractivity contribution in [3.63, 3.8) is 0 Å². The van der Waals surface area contributed by atoms with Crippen LogP contribution < -0.4 is 5.32 Å². The van der Waals surface area contributed by atoms with E-state index in [1.807, 2.05) is 37.3 Å². The van der Waals surface area contributed by atoms with Gasteiger partial charge in [0, 0.05) is 23.5 Å². The lowest BCUT2D eigenvalue weighted by Gasteiger charge is -2.10. The first-order chi connectivity index (χ1) is 13.5. The number of amides is 1. The van der Waals surface area contributed by atoms with E-state index in [2.05, 4.69) is 15.3 Å². The Hall–Kier alpha value is -3.65. The van der Waals surface area contributed by atoms with Gasteiger partial charge in [0.1, 0.15) is 20.9 Å². The van der Waals surface area contributed by atoms with Crippen molar-refractivity contribution in [3.05, 3.63) is 82.0 Å². The molecule has 0 atom stereocenters. The van der Waals surface area contributed by atoms with Crippen molar-refractivity contribution < 1.29 is 9.72 Å². The molecular weight excluding hydrogens is 376 g/mol. The Balaban J connectivity index is 1.68. The Bertz CT molecular complexity index is 1190. The second-order valence-corrected chi connectivity index (χ2v) is 7.08. The minimum Gasteiger partial charge on any atom is -0.322 e. The molecular formula is C20H14N4O3S. The number of aryl methyl sites for hydroxylation is 1. The van der Waals surface area contributed by atoms with Crippen LogP contribution in [0, 0.1) is 17.0 Å². The molecule has 2 aromatic carbocycles. The highest BCUT2D eigenvalue weighted by Gasteiger charge is 2.20. The number of anilines is 1. The van der Waals surface area contributed by atoms with Crippen molar-refractivity contribution in [2.24, 2.45) is 0 Å². The van der Waals surface area contributed by atoms with Gasteiger partial charge in [-0.2, -0.15) is 0 Å². The highest BCUT2D eigenvalue weighted by atomic mass is 32.1. The molecule has 0 aliphatic carbocycles. The Labute approximate surface area is 163 Å². The van der Waals surface area contributed by atoms with Crippen molar-refractivity contribution in [2.75, 3.05) is 5.32 Å². The van der Waals surface area contributed by atoms with Crippen LogP contribution in [-0.2, 0) is 0 Å². The van der Waals surface area contributed by atoms with Crippen molar-refractivity contribution in [1.29, 1.82) is 0 Å². The van der Waals surface area contributed by atoms with E-state index < -0.39 is 10.8 Å². The van der Waals surface area contributed by atoms with Crippen molar-refractivity contribution in [3.8, 4) is 10.6 Å². The van der Waals surface area contributed by atoms with Crippen LogP contribution in [-0.4, -0.2) is 20.8 Å². The van der Waals surface area contributed by atoms with Crippen LogP contribution >= 0.6 is 11.3 Å². The number of aromatic nitrogens is 2. The third-order valence-electron chi connectivity index (χ3n) is 4.24. The fourth-order valence-corrected chi connectivity index (χ4v) is 3.70. The maximum Gasteiger partial charge on any atom is 0.282 e. The molecule has 4 aromatic rings. The second-order valence-electron chi connectivity index (χ2n) is 6.10. The van der Waals surface area contributed by atoms with Gasteiger partial charge in [0.05, 0.1) is 4.92 Å². The number of hydrogen-bond acceptors (Lipinski definition) is 6. The molecule has 0 bridgehead atoms. The van der Waals surface area contributed by atoms with Gasteiger partial charge in [-0.25, -0.2) is 9.97 Å². The molecule has 1 amide bonds. The van der Waals surface area contributed by atoms with Crippen molar-refractivity contribution in [2.45, 2.75) is 6.92 Å². The number of carbonyl (C=O) groups excluding carboxylic acids is 1. The van der Waals surface area contributed by atoms with Crippen LogP contribution in [0.5, 0.6) is 0 Å². The third kappa shape index (κ3) is 3.33. The minimum atomic E-state index is -0.563. The van der Waals surface area contributed by atoms with Crippen molar-refractivity contribution in [1.82, 2.24) is 9.97 Å². The first kappa shape index (κ1) is 17.7. The molecule has 0 spiro atoms. The molecule has 0 fully saturated rings. The molecule has 7 nitrogen and oxygen atoms in total. The zero-order chi connectivity index (χ0) is 19.7. The van der Waals surface area contributed by atoms with E-state index in [4.69, 9.17) is 0 Å². The molecule has 0 saturated carbocycles. The summed E-state index contributed by atoms with van der Waals surface area (Å²) in [6, 6.07) is 15.2. The van der Waals surface area contributed by atoms with E-state index in [-0.39, 0.29) is 11.3 Å². The van der Waals surface area contributed by atoms with Crippen LogP contribution in [0.15, 0.2) is 60.8 Å². The molecule has 0 aliphatic heterocycles. The Morgan fingerprint density at radius 2 is 1.96 bits per heavy atom. The molecule has 2 heterocycles. The van der Waals surface area contributed by atoms with Gasteiger partial charge in [0.15, 0.2) is 0 Å². The monoisotopic (exact) mass is 390 g/mol. The fourth-order valence-electron chi connectivity index (χ4n) is 2.80. The first-order valence-corrected chi connectivity index (χ1v) is 9.22. The van der Waals surface area contributed by atoms with Gasteiger partial charge in [-0.15, -0.1) is 0 Å². The molecule has 138 valence electrons. The number of fused-ring (bicyclic) bond motifs is 1. The summed E-state index contributed by atoms with van der Waals surface area (Å²) in [5.74, 6) is -0.529. The molecule has 28 heavy (non-hydrogen) atoms. The third-order valence-corrected chi connectivity index (χ3v) is 5.27. The van der Waals surface area contributed by atoms with Gasteiger partial charge in [-0.3, -0.25) is 14.9 Å². The van der Waals surface area contributed by atoms with Gasteiger partial charge in [0.25, 0.3) is 11.6 Å². The highest BCUT2D eigenvalue weighted by Crippen LogP contribution is 2.31. The lowest BCUT2D eigenvalue weighted by molar-refractivity contribution is -0.385. The number of rotatable bonds is 4. The quantitative estimate of drug-likeness (QED) is 0.398. The summed E-state index contributed by atoms with van der Waals surface area (Å²) >= 11 is 1.46. The maximum absolute atomic E-state index is 12.6. The smallest absolute Gasteiger partial charge is 0.282 e. The van der Waals surface area contributed by atoms with Crippen molar-refractivity contribution >= 4 is 39.0 Å². The molecule has 0 aliphatic rings. The number of nitro groups is 1. The van der Waals surface area contributed by atoms with Crippen LogP contribution in [0.1, 0.15) is 15.9 Å². The molecule has 8 heteroatoms. The van der Waals surface area contributed by atoms with Crippen LogP contribution in [0.3, 0.4) is 0 Å². The van der Waals surface area contributed by atoms with Crippen LogP contribution in [0.2, 0.25) is 0 Å². The van der Waals surface area contributed by atoms with Gasteiger partial charge in [0.2, 0.25) is 0 Å². The van der Waals surface area contributed by atoms with Gasteiger partial charge in [-0.05, 0) is 36.8 Å². The summed E-state index contributed by atoms with van der Waals surface area (Å²) in [5, 5.41) is 14.8. The van der Waals surface area contributed by atoms with E-state index in [0.717, 1.165) is 26.5 Å². The van der Waals surface area contributed by atoms with Gasteiger partial charge in [-0.1, -0.05) is 35.6 Å². The average Bonchev–Trinajstić information content (AvgIpc) is 3.13.